The fourth-order valence-corrected chi connectivity index (χ4v) is 5.18. The number of benzene rings is 3. The monoisotopic (exact) mass is 450 g/mol. The van der Waals surface area contributed by atoms with Crippen LogP contribution in [0.2, 0.25) is 0 Å². The van der Waals surface area contributed by atoms with E-state index in [9.17, 15) is 9.59 Å². The number of rotatable bonds is 5. The summed E-state index contributed by atoms with van der Waals surface area (Å²) in [5, 5.41) is 0. The van der Waals surface area contributed by atoms with E-state index in [1.54, 1.807) is 0 Å². The molecule has 34 heavy (non-hydrogen) atoms. The molecule has 4 nitrogen and oxygen atoms in total. The first-order valence-electron chi connectivity index (χ1n) is 12.1. The summed E-state index contributed by atoms with van der Waals surface area (Å²) in [6.07, 6.45) is 3.07. The Kier molecular flexibility index (Phi) is 6.06. The minimum atomic E-state index is -0.230. The van der Waals surface area contributed by atoms with Crippen LogP contribution in [0.4, 0.5) is 5.69 Å². The zero-order valence-corrected chi connectivity index (χ0v) is 19.8. The summed E-state index contributed by atoms with van der Waals surface area (Å²) in [6.45, 7) is 5.54. The van der Waals surface area contributed by atoms with Crippen LogP contribution >= 0.6 is 0 Å². The van der Waals surface area contributed by atoms with Crippen LogP contribution in [0.1, 0.15) is 35.1 Å². The van der Waals surface area contributed by atoms with Crippen LogP contribution in [0.3, 0.4) is 0 Å². The molecule has 0 saturated carbocycles. The quantitative estimate of drug-likeness (QED) is 0.479. The highest BCUT2D eigenvalue weighted by molar-refractivity contribution is 6.45. The van der Waals surface area contributed by atoms with Gasteiger partial charge in [-0.2, -0.15) is 0 Å². The van der Waals surface area contributed by atoms with E-state index in [1.165, 1.54) is 10.5 Å². The molecule has 2 heterocycles. The molecule has 3 aromatic rings. The summed E-state index contributed by atoms with van der Waals surface area (Å²) in [4.78, 5) is 31.1. The first-order chi connectivity index (χ1) is 16.5. The van der Waals surface area contributed by atoms with Crippen LogP contribution in [0, 0.1) is 19.8 Å². The van der Waals surface area contributed by atoms with Crippen LogP contribution in [0.5, 0.6) is 0 Å². The van der Waals surface area contributed by atoms with Crippen LogP contribution in [0.15, 0.2) is 84.6 Å². The van der Waals surface area contributed by atoms with Gasteiger partial charge in [-0.25, -0.2) is 4.90 Å². The molecule has 5 rings (SSSR count). The first-order valence-corrected chi connectivity index (χ1v) is 12.1. The van der Waals surface area contributed by atoms with Gasteiger partial charge in [0.25, 0.3) is 11.8 Å². The number of imide groups is 1. The maximum Gasteiger partial charge on any atom is 0.282 e. The van der Waals surface area contributed by atoms with Crippen LogP contribution in [-0.4, -0.2) is 29.8 Å². The molecular formula is C30H30N2O2. The average Bonchev–Trinajstić information content (AvgIpc) is 3.12. The van der Waals surface area contributed by atoms with Gasteiger partial charge in [0, 0.05) is 13.1 Å². The Morgan fingerprint density at radius 1 is 0.765 bits per heavy atom. The van der Waals surface area contributed by atoms with Crippen molar-refractivity contribution in [3.8, 4) is 0 Å². The molecule has 0 aromatic heterocycles. The smallest absolute Gasteiger partial charge is 0.282 e. The summed E-state index contributed by atoms with van der Waals surface area (Å²) >= 11 is 0. The Morgan fingerprint density at radius 2 is 1.41 bits per heavy atom. The largest absolute Gasteiger partial charge is 0.366 e. The Hall–Kier alpha value is -3.66. The molecule has 172 valence electrons. The molecule has 0 N–H and O–H groups in total. The Morgan fingerprint density at radius 3 is 2.09 bits per heavy atom. The second-order valence-corrected chi connectivity index (χ2v) is 9.37. The molecule has 0 atom stereocenters. The van der Waals surface area contributed by atoms with Gasteiger partial charge in [0.2, 0.25) is 0 Å². The molecule has 0 aliphatic carbocycles. The standard InChI is InChI=1S/C30H30N2O2/c1-21-10-9-15-26(22(21)2)32-29(33)27(25-13-7-4-8-14-25)28(30(32)34)31-18-16-24(17-19-31)20-23-11-5-3-6-12-23/h3-15,24H,16-20H2,1-2H3. The van der Waals surface area contributed by atoms with E-state index in [4.69, 9.17) is 0 Å². The Labute approximate surface area is 201 Å². The predicted molar refractivity (Wildman–Crippen MR) is 136 cm³/mol. The zero-order chi connectivity index (χ0) is 23.7. The number of nitrogens with zero attached hydrogens (tertiary/aromatic N) is 2. The van der Waals surface area contributed by atoms with Crippen LogP contribution < -0.4 is 4.90 Å². The van der Waals surface area contributed by atoms with Crippen molar-refractivity contribution in [2.75, 3.05) is 18.0 Å². The van der Waals surface area contributed by atoms with Crippen LogP contribution in [-0.2, 0) is 16.0 Å². The van der Waals surface area contributed by atoms with Crippen molar-refractivity contribution in [3.63, 3.8) is 0 Å². The molecule has 2 amide bonds. The average molecular weight is 451 g/mol. The number of amides is 2. The first kappa shape index (κ1) is 22.1. The summed E-state index contributed by atoms with van der Waals surface area (Å²) in [5.41, 5.74) is 5.93. The molecular weight excluding hydrogens is 420 g/mol. The molecule has 4 heteroatoms. The third kappa shape index (κ3) is 4.05. The number of hydrogen-bond acceptors (Lipinski definition) is 3. The van der Waals surface area contributed by atoms with Crippen molar-refractivity contribution >= 4 is 23.1 Å². The van der Waals surface area contributed by atoms with E-state index in [0.717, 1.165) is 49.0 Å². The Bertz CT molecular complexity index is 1240. The Balaban J connectivity index is 1.46. The second kappa shape index (κ2) is 9.30. The number of carbonyl (C=O) groups excluding carboxylic acids is 2. The molecule has 0 bridgehead atoms. The van der Waals surface area contributed by atoms with Gasteiger partial charge in [0.15, 0.2) is 0 Å². The number of carbonyl (C=O) groups is 2. The van der Waals surface area contributed by atoms with E-state index in [-0.39, 0.29) is 11.8 Å². The van der Waals surface area contributed by atoms with E-state index in [1.807, 2.05) is 68.4 Å². The molecule has 2 aliphatic rings. The van der Waals surface area contributed by atoms with E-state index >= 15 is 0 Å². The van der Waals surface area contributed by atoms with Crippen molar-refractivity contribution < 1.29 is 9.59 Å². The third-order valence-electron chi connectivity index (χ3n) is 7.24. The maximum absolute atomic E-state index is 13.8. The molecule has 2 aliphatic heterocycles. The number of aryl methyl sites for hydroxylation is 1. The second-order valence-electron chi connectivity index (χ2n) is 9.37. The van der Waals surface area contributed by atoms with Gasteiger partial charge in [-0.1, -0.05) is 72.8 Å². The maximum atomic E-state index is 13.8. The van der Waals surface area contributed by atoms with Crippen molar-refractivity contribution in [2.45, 2.75) is 33.1 Å². The summed E-state index contributed by atoms with van der Waals surface area (Å²) in [5.74, 6) is 0.145. The lowest BCUT2D eigenvalue weighted by atomic mass is 9.89. The van der Waals surface area contributed by atoms with Crippen molar-refractivity contribution in [1.82, 2.24) is 4.90 Å². The highest BCUT2D eigenvalue weighted by Crippen LogP contribution is 2.38. The SMILES string of the molecule is Cc1cccc(N2C(=O)C(c3ccccc3)=C(N3CCC(Cc4ccccc4)CC3)C2=O)c1C. The molecule has 0 spiro atoms. The summed E-state index contributed by atoms with van der Waals surface area (Å²) in [7, 11) is 0. The summed E-state index contributed by atoms with van der Waals surface area (Å²) < 4.78 is 0. The minimum absolute atomic E-state index is 0.209. The lowest BCUT2D eigenvalue weighted by molar-refractivity contribution is -0.120. The molecule has 1 fully saturated rings. The van der Waals surface area contributed by atoms with Crippen molar-refractivity contribution in [3.05, 3.63) is 107 Å². The molecule has 0 radical (unpaired) electrons. The van der Waals surface area contributed by atoms with Gasteiger partial charge < -0.3 is 4.90 Å². The minimum Gasteiger partial charge on any atom is -0.366 e. The van der Waals surface area contributed by atoms with Gasteiger partial charge in [-0.15, -0.1) is 0 Å². The van der Waals surface area contributed by atoms with E-state index in [2.05, 4.69) is 29.2 Å². The number of anilines is 1. The lowest BCUT2D eigenvalue weighted by Gasteiger charge is -2.34. The predicted octanol–water partition coefficient (Wildman–Crippen LogP) is 5.54. The fourth-order valence-electron chi connectivity index (χ4n) is 5.18. The number of piperidine rings is 1. The summed E-state index contributed by atoms with van der Waals surface area (Å²) in [6, 6.07) is 26.0. The van der Waals surface area contributed by atoms with E-state index in [0.29, 0.717) is 22.9 Å². The van der Waals surface area contributed by atoms with Crippen LogP contribution in [0.25, 0.3) is 5.57 Å². The van der Waals surface area contributed by atoms with Crippen molar-refractivity contribution in [2.24, 2.45) is 5.92 Å². The zero-order valence-electron chi connectivity index (χ0n) is 19.8. The molecule has 1 saturated heterocycles. The van der Waals surface area contributed by atoms with Gasteiger partial charge in [-0.3, -0.25) is 9.59 Å². The number of likely N-dealkylation sites (tertiary alicyclic amines) is 1. The van der Waals surface area contributed by atoms with Gasteiger partial charge in [0.05, 0.1) is 11.3 Å². The molecule has 0 unspecified atom stereocenters. The van der Waals surface area contributed by atoms with Crippen molar-refractivity contribution in [1.29, 1.82) is 0 Å². The lowest BCUT2D eigenvalue weighted by Crippen LogP contribution is -2.39. The normalized spacial score (nSPS) is 17.1. The van der Waals surface area contributed by atoms with Gasteiger partial charge in [-0.05, 0) is 67.3 Å². The topological polar surface area (TPSA) is 40.6 Å². The third-order valence-corrected chi connectivity index (χ3v) is 7.24. The highest BCUT2D eigenvalue weighted by atomic mass is 16.2. The molecule has 3 aromatic carbocycles. The van der Waals surface area contributed by atoms with Gasteiger partial charge >= 0.3 is 0 Å². The van der Waals surface area contributed by atoms with E-state index < -0.39 is 0 Å². The number of hydrogen-bond donors (Lipinski definition) is 0. The highest BCUT2D eigenvalue weighted by Gasteiger charge is 2.43. The van der Waals surface area contributed by atoms with Gasteiger partial charge in [0.1, 0.15) is 5.70 Å². The fraction of sp³-hybridized carbons (Fsp3) is 0.267.